The molecule has 3 aromatic rings. The molecule has 0 aliphatic heterocycles. The maximum Gasteiger partial charge on any atom is 0.342 e. The highest BCUT2D eigenvalue weighted by Gasteiger charge is 2.20. The zero-order valence-corrected chi connectivity index (χ0v) is 17.5. The minimum Gasteiger partial charge on any atom is -0.483 e. The van der Waals surface area contributed by atoms with Crippen LogP contribution in [0.3, 0.4) is 0 Å². The van der Waals surface area contributed by atoms with Crippen molar-refractivity contribution in [3.63, 3.8) is 0 Å². The summed E-state index contributed by atoms with van der Waals surface area (Å²) in [6, 6.07) is 18.1. The van der Waals surface area contributed by atoms with E-state index in [0.717, 1.165) is 17.0 Å². The summed E-state index contributed by atoms with van der Waals surface area (Å²) in [4.78, 5) is 36.1. The van der Waals surface area contributed by atoms with E-state index >= 15 is 0 Å². The number of nitrogens with two attached hydrogens (primary N) is 1. The number of nitrogens with zero attached hydrogens (tertiary/aromatic N) is 1. The monoisotopic (exact) mass is 420 g/mol. The third-order valence-electron chi connectivity index (χ3n) is 4.87. The number of esters is 1. The van der Waals surface area contributed by atoms with Crippen LogP contribution in [0.1, 0.15) is 37.7 Å². The second kappa shape index (κ2) is 9.75. The van der Waals surface area contributed by atoms with Crippen LogP contribution >= 0.6 is 0 Å². The Morgan fingerprint density at radius 3 is 2.29 bits per heavy atom. The lowest BCUT2D eigenvalue weighted by Gasteiger charge is -2.11. The van der Waals surface area contributed by atoms with Gasteiger partial charge in [-0.1, -0.05) is 42.5 Å². The summed E-state index contributed by atoms with van der Waals surface area (Å²) in [5.74, 6) is -1.51. The topological polar surface area (TPSA) is 101 Å². The van der Waals surface area contributed by atoms with E-state index in [2.05, 4.69) is 4.57 Å². The average molecular weight is 420 g/mol. The fourth-order valence-corrected chi connectivity index (χ4v) is 3.29. The smallest absolute Gasteiger partial charge is 0.342 e. The van der Waals surface area contributed by atoms with Crippen molar-refractivity contribution in [3.05, 3.63) is 88.7 Å². The third kappa shape index (κ3) is 5.39. The number of rotatable bonds is 9. The standard InChI is InChI=1S/C24H24N2O5/c1-16-12-20(17(2)26(16)13-18-8-4-3-5-9-18)21(27)14-31-24(29)19-10-6-7-11-22(19)30-15-23(25)28/h3-12H,13-15H2,1-2H3,(H2,25,28). The van der Waals surface area contributed by atoms with Gasteiger partial charge in [0.05, 0.1) is 0 Å². The van der Waals surface area contributed by atoms with Crippen molar-refractivity contribution in [2.24, 2.45) is 5.73 Å². The Morgan fingerprint density at radius 1 is 0.903 bits per heavy atom. The molecule has 0 saturated heterocycles. The molecule has 1 amide bonds. The molecule has 0 saturated carbocycles. The van der Waals surface area contributed by atoms with Crippen LogP contribution < -0.4 is 10.5 Å². The van der Waals surface area contributed by atoms with Crippen LogP contribution in [0.5, 0.6) is 5.75 Å². The Morgan fingerprint density at radius 2 is 1.58 bits per heavy atom. The quantitative estimate of drug-likeness (QED) is 0.424. The third-order valence-corrected chi connectivity index (χ3v) is 4.87. The molecule has 0 aliphatic rings. The Kier molecular flexibility index (Phi) is 6.87. The van der Waals surface area contributed by atoms with Crippen LogP contribution in [0, 0.1) is 13.8 Å². The molecule has 160 valence electrons. The molecular formula is C24H24N2O5. The molecule has 3 rings (SSSR count). The second-order valence-electron chi connectivity index (χ2n) is 7.11. The van der Waals surface area contributed by atoms with Crippen molar-refractivity contribution >= 4 is 17.7 Å². The van der Waals surface area contributed by atoms with Gasteiger partial charge in [-0.25, -0.2) is 4.79 Å². The van der Waals surface area contributed by atoms with E-state index in [1.165, 1.54) is 12.1 Å². The number of hydrogen-bond acceptors (Lipinski definition) is 5. The van der Waals surface area contributed by atoms with Crippen LogP contribution in [0.25, 0.3) is 0 Å². The predicted octanol–water partition coefficient (Wildman–Crippen LogP) is 3.06. The fraction of sp³-hybridized carbons (Fsp3) is 0.208. The van der Waals surface area contributed by atoms with E-state index in [4.69, 9.17) is 15.2 Å². The van der Waals surface area contributed by atoms with Gasteiger partial charge < -0.3 is 19.8 Å². The molecule has 0 bridgehead atoms. The Balaban J connectivity index is 1.68. The summed E-state index contributed by atoms with van der Waals surface area (Å²) in [5, 5.41) is 0. The molecule has 2 N–H and O–H groups in total. The van der Waals surface area contributed by atoms with Crippen LogP contribution in [-0.2, 0) is 16.1 Å². The molecular weight excluding hydrogens is 396 g/mol. The van der Waals surface area contributed by atoms with Crippen molar-refractivity contribution in [2.45, 2.75) is 20.4 Å². The van der Waals surface area contributed by atoms with Crippen molar-refractivity contribution < 1.29 is 23.9 Å². The van der Waals surface area contributed by atoms with Gasteiger partial charge in [-0.15, -0.1) is 0 Å². The zero-order chi connectivity index (χ0) is 22.4. The molecule has 7 nitrogen and oxygen atoms in total. The first-order chi connectivity index (χ1) is 14.9. The van der Waals surface area contributed by atoms with Gasteiger partial charge >= 0.3 is 5.97 Å². The lowest BCUT2D eigenvalue weighted by molar-refractivity contribution is -0.119. The number of hydrogen-bond donors (Lipinski definition) is 1. The number of primary amides is 1. The normalized spacial score (nSPS) is 10.5. The summed E-state index contributed by atoms with van der Waals surface area (Å²) in [6.45, 7) is 3.69. The van der Waals surface area contributed by atoms with Crippen LogP contribution in [0.15, 0.2) is 60.7 Å². The fourth-order valence-electron chi connectivity index (χ4n) is 3.29. The summed E-state index contributed by atoms with van der Waals surface area (Å²) in [7, 11) is 0. The Hall–Kier alpha value is -3.87. The maximum absolute atomic E-state index is 12.7. The summed E-state index contributed by atoms with van der Waals surface area (Å²) in [5.41, 5.74) is 8.59. The van der Waals surface area contributed by atoms with Gasteiger partial charge in [-0.2, -0.15) is 0 Å². The largest absolute Gasteiger partial charge is 0.483 e. The highest BCUT2D eigenvalue weighted by molar-refractivity contribution is 6.01. The van der Waals surface area contributed by atoms with Gasteiger partial charge in [0.1, 0.15) is 11.3 Å². The highest BCUT2D eigenvalue weighted by Crippen LogP contribution is 2.20. The zero-order valence-electron chi connectivity index (χ0n) is 17.5. The molecule has 1 heterocycles. The average Bonchev–Trinajstić information content (AvgIpc) is 3.05. The Bertz CT molecular complexity index is 1100. The second-order valence-corrected chi connectivity index (χ2v) is 7.11. The number of aryl methyl sites for hydroxylation is 1. The molecule has 0 atom stereocenters. The molecule has 31 heavy (non-hydrogen) atoms. The van der Waals surface area contributed by atoms with Gasteiger partial charge in [0.2, 0.25) is 5.78 Å². The van der Waals surface area contributed by atoms with Crippen LogP contribution in [-0.4, -0.2) is 35.4 Å². The van der Waals surface area contributed by atoms with E-state index in [0.29, 0.717) is 12.1 Å². The van der Waals surface area contributed by atoms with Gasteiger partial charge in [-0.3, -0.25) is 9.59 Å². The van der Waals surface area contributed by atoms with Crippen LogP contribution in [0.2, 0.25) is 0 Å². The number of carbonyl (C=O) groups is 3. The van der Waals surface area contributed by atoms with E-state index in [9.17, 15) is 14.4 Å². The number of carbonyl (C=O) groups excluding carboxylic acids is 3. The van der Waals surface area contributed by atoms with Gasteiger partial charge in [0.25, 0.3) is 5.91 Å². The van der Waals surface area contributed by atoms with E-state index in [1.807, 2.05) is 44.2 Å². The lowest BCUT2D eigenvalue weighted by Crippen LogP contribution is -2.21. The van der Waals surface area contributed by atoms with Gasteiger partial charge in [0.15, 0.2) is 13.2 Å². The first kappa shape index (κ1) is 21.8. The number of aromatic nitrogens is 1. The minimum absolute atomic E-state index is 0.117. The summed E-state index contributed by atoms with van der Waals surface area (Å²) < 4.78 is 12.5. The van der Waals surface area contributed by atoms with Crippen molar-refractivity contribution in [3.8, 4) is 5.75 Å². The van der Waals surface area contributed by atoms with E-state index in [1.54, 1.807) is 18.2 Å². The molecule has 2 aromatic carbocycles. The molecule has 0 spiro atoms. The highest BCUT2D eigenvalue weighted by atomic mass is 16.5. The van der Waals surface area contributed by atoms with Gasteiger partial charge in [0, 0.05) is 23.5 Å². The maximum atomic E-state index is 12.7. The van der Waals surface area contributed by atoms with Crippen molar-refractivity contribution in [2.75, 3.05) is 13.2 Å². The molecule has 7 heteroatoms. The summed E-state index contributed by atoms with van der Waals surface area (Å²) in [6.07, 6.45) is 0. The van der Waals surface area contributed by atoms with Crippen LogP contribution in [0.4, 0.5) is 0 Å². The van der Waals surface area contributed by atoms with Crippen molar-refractivity contribution in [1.82, 2.24) is 4.57 Å². The molecule has 0 unspecified atom stereocenters. The molecule has 0 radical (unpaired) electrons. The first-order valence-electron chi connectivity index (χ1n) is 9.78. The van der Waals surface area contributed by atoms with E-state index < -0.39 is 18.5 Å². The summed E-state index contributed by atoms with van der Waals surface area (Å²) >= 11 is 0. The van der Waals surface area contributed by atoms with Crippen molar-refractivity contribution in [1.29, 1.82) is 0 Å². The number of ether oxygens (including phenoxy) is 2. The van der Waals surface area contributed by atoms with E-state index in [-0.39, 0.29) is 23.7 Å². The lowest BCUT2D eigenvalue weighted by atomic mass is 10.1. The molecule has 0 fully saturated rings. The Labute approximate surface area is 180 Å². The number of ketones is 1. The number of benzene rings is 2. The molecule has 1 aromatic heterocycles. The number of amides is 1. The SMILES string of the molecule is Cc1cc(C(=O)COC(=O)c2ccccc2OCC(N)=O)c(C)n1Cc1ccccc1. The molecule has 0 aliphatic carbocycles. The minimum atomic E-state index is -0.716. The van der Waals surface area contributed by atoms with Gasteiger partial charge in [-0.05, 0) is 37.6 Å². The number of Topliss-reactive ketones (excluding diaryl/α,β-unsaturated/α-hetero) is 1. The first-order valence-corrected chi connectivity index (χ1v) is 9.78. The number of para-hydroxylation sites is 1. The predicted molar refractivity (Wildman–Crippen MR) is 115 cm³/mol.